The van der Waals surface area contributed by atoms with Crippen LogP contribution in [0.5, 0.6) is 5.75 Å². The smallest absolute Gasteiger partial charge is 0.421 e. The first-order valence-corrected chi connectivity index (χ1v) is 13.7. The zero-order valence-corrected chi connectivity index (χ0v) is 24.8. The number of anilines is 6. The SMILES string of the molecule is C=CC(=O)Nc1cccc(Nc2nc(Nc3ccc(N4CCN(C(=O)OC(C)(C)C)CC4)cc3OC)ncc2C(F)(F)F)c1. The molecule has 14 heteroatoms. The van der Waals surface area contributed by atoms with Gasteiger partial charge in [0.25, 0.3) is 0 Å². The Morgan fingerprint density at radius 1 is 1.00 bits per heavy atom. The van der Waals surface area contributed by atoms with Crippen molar-refractivity contribution in [3.8, 4) is 5.75 Å². The molecule has 2 aromatic carbocycles. The number of nitrogens with one attached hydrogen (secondary N) is 3. The van der Waals surface area contributed by atoms with Crippen molar-refractivity contribution in [3.63, 3.8) is 0 Å². The van der Waals surface area contributed by atoms with Crippen LogP contribution in [-0.2, 0) is 15.7 Å². The average molecular weight is 614 g/mol. The van der Waals surface area contributed by atoms with Crippen LogP contribution in [0.1, 0.15) is 26.3 Å². The highest BCUT2D eigenvalue weighted by Crippen LogP contribution is 2.37. The lowest BCUT2D eigenvalue weighted by Crippen LogP contribution is -2.50. The number of rotatable bonds is 8. The number of nitrogens with zero attached hydrogens (tertiary/aromatic N) is 4. The maximum atomic E-state index is 13.8. The van der Waals surface area contributed by atoms with E-state index in [1.807, 2.05) is 26.8 Å². The first-order valence-electron chi connectivity index (χ1n) is 13.7. The number of benzene rings is 2. The van der Waals surface area contributed by atoms with E-state index in [9.17, 15) is 22.8 Å². The van der Waals surface area contributed by atoms with Gasteiger partial charge < -0.3 is 35.2 Å². The Morgan fingerprint density at radius 2 is 1.70 bits per heavy atom. The number of amides is 2. The molecule has 0 saturated carbocycles. The fourth-order valence-corrected chi connectivity index (χ4v) is 4.32. The van der Waals surface area contributed by atoms with Crippen molar-refractivity contribution in [3.05, 3.63) is 66.9 Å². The Hall–Kier alpha value is -5.01. The number of alkyl halides is 3. The van der Waals surface area contributed by atoms with Crippen LogP contribution in [0.15, 0.2) is 61.3 Å². The van der Waals surface area contributed by atoms with Crippen molar-refractivity contribution in [1.29, 1.82) is 0 Å². The normalized spacial score (nSPS) is 13.6. The lowest BCUT2D eigenvalue weighted by molar-refractivity contribution is -0.137. The fraction of sp³-hybridized carbons (Fsp3) is 0.333. The zero-order valence-electron chi connectivity index (χ0n) is 24.8. The van der Waals surface area contributed by atoms with E-state index >= 15 is 0 Å². The van der Waals surface area contributed by atoms with Gasteiger partial charge in [-0.15, -0.1) is 0 Å². The van der Waals surface area contributed by atoms with E-state index in [0.29, 0.717) is 49.5 Å². The fourth-order valence-electron chi connectivity index (χ4n) is 4.32. The monoisotopic (exact) mass is 613 g/mol. The summed E-state index contributed by atoms with van der Waals surface area (Å²) in [4.78, 5) is 35.8. The molecule has 1 aromatic heterocycles. The molecule has 2 amide bonds. The van der Waals surface area contributed by atoms with E-state index < -0.39 is 29.1 Å². The second-order valence-corrected chi connectivity index (χ2v) is 10.8. The van der Waals surface area contributed by atoms with Gasteiger partial charge >= 0.3 is 12.3 Å². The second kappa shape index (κ2) is 13.1. The van der Waals surface area contributed by atoms with Gasteiger partial charge in [-0.2, -0.15) is 18.2 Å². The average Bonchev–Trinajstić information content (AvgIpc) is 2.96. The van der Waals surface area contributed by atoms with Crippen molar-refractivity contribution in [2.75, 3.05) is 54.1 Å². The molecule has 0 bridgehead atoms. The van der Waals surface area contributed by atoms with Gasteiger partial charge in [0.1, 0.15) is 22.7 Å². The molecule has 0 spiro atoms. The Bertz CT molecular complexity index is 1520. The van der Waals surface area contributed by atoms with Crippen molar-refractivity contribution in [2.45, 2.75) is 32.5 Å². The van der Waals surface area contributed by atoms with Gasteiger partial charge in [-0.3, -0.25) is 4.79 Å². The second-order valence-electron chi connectivity index (χ2n) is 10.8. The van der Waals surface area contributed by atoms with Crippen LogP contribution in [0.2, 0.25) is 0 Å². The summed E-state index contributed by atoms with van der Waals surface area (Å²) in [6, 6.07) is 11.5. The van der Waals surface area contributed by atoms with Crippen LogP contribution >= 0.6 is 0 Å². The summed E-state index contributed by atoms with van der Waals surface area (Å²) in [5, 5.41) is 8.17. The van der Waals surface area contributed by atoms with E-state index in [1.165, 1.54) is 19.2 Å². The van der Waals surface area contributed by atoms with Gasteiger partial charge in [0.2, 0.25) is 11.9 Å². The molecule has 4 rings (SSSR count). The molecular formula is C30H34F3N7O4. The zero-order chi connectivity index (χ0) is 32.1. The molecule has 1 aliphatic rings. The summed E-state index contributed by atoms with van der Waals surface area (Å²) in [5.74, 6) is -0.635. The highest BCUT2D eigenvalue weighted by Gasteiger charge is 2.35. The molecule has 1 saturated heterocycles. The number of methoxy groups -OCH3 is 1. The van der Waals surface area contributed by atoms with Gasteiger partial charge in [0.15, 0.2) is 0 Å². The maximum absolute atomic E-state index is 13.8. The van der Waals surface area contributed by atoms with Crippen LogP contribution in [0, 0.1) is 0 Å². The maximum Gasteiger partial charge on any atom is 0.421 e. The van der Waals surface area contributed by atoms with E-state index in [0.717, 1.165) is 11.8 Å². The predicted octanol–water partition coefficient (Wildman–Crippen LogP) is 6.17. The van der Waals surface area contributed by atoms with E-state index in [2.05, 4.69) is 37.4 Å². The largest absolute Gasteiger partial charge is 0.494 e. The highest BCUT2D eigenvalue weighted by atomic mass is 19.4. The van der Waals surface area contributed by atoms with Gasteiger partial charge in [-0.25, -0.2) is 9.78 Å². The molecule has 11 nitrogen and oxygen atoms in total. The number of carbonyl (C=O) groups excluding carboxylic acids is 2. The van der Waals surface area contributed by atoms with Crippen LogP contribution in [0.3, 0.4) is 0 Å². The number of ether oxygens (including phenoxy) is 2. The standard InChI is InChI=1S/C30H34F3N7O4/c1-6-25(41)35-19-8-7-9-20(16-19)36-26-22(30(31,32)33)18-34-27(38-26)37-23-11-10-21(17-24(23)43-5)39-12-14-40(15-13-39)28(42)44-29(2,3)4/h6-11,16-18H,1,12-15H2,2-5H3,(H,35,41)(H2,34,36,37,38). The minimum Gasteiger partial charge on any atom is -0.494 e. The molecule has 0 radical (unpaired) electrons. The molecule has 44 heavy (non-hydrogen) atoms. The number of carbonyl (C=O) groups is 2. The molecule has 234 valence electrons. The quantitative estimate of drug-likeness (QED) is 0.256. The van der Waals surface area contributed by atoms with Crippen LogP contribution < -0.4 is 25.6 Å². The highest BCUT2D eigenvalue weighted by molar-refractivity contribution is 5.99. The lowest BCUT2D eigenvalue weighted by atomic mass is 10.2. The molecule has 0 atom stereocenters. The summed E-state index contributed by atoms with van der Waals surface area (Å²) >= 11 is 0. The van der Waals surface area contributed by atoms with Crippen LogP contribution in [0.4, 0.5) is 52.5 Å². The number of piperazine rings is 1. The number of halogens is 3. The summed E-state index contributed by atoms with van der Waals surface area (Å²) < 4.78 is 52.5. The topological polar surface area (TPSA) is 121 Å². The molecule has 0 unspecified atom stereocenters. The first kappa shape index (κ1) is 31.9. The summed E-state index contributed by atoms with van der Waals surface area (Å²) in [7, 11) is 1.48. The summed E-state index contributed by atoms with van der Waals surface area (Å²) in [6.45, 7) is 11.0. The Balaban J connectivity index is 1.51. The van der Waals surface area contributed by atoms with Crippen molar-refractivity contribution >= 4 is 46.5 Å². The predicted molar refractivity (Wildman–Crippen MR) is 162 cm³/mol. The third kappa shape index (κ3) is 8.30. The molecule has 1 fully saturated rings. The molecule has 0 aliphatic carbocycles. The first-order chi connectivity index (χ1) is 20.8. The molecule has 3 aromatic rings. The number of hydrogen-bond acceptors (Lipinski definition) is 9. The Morgan fingerprint density at radius 3 is 2.34 bits per heavy atom. The number of aromatic nitrogens is 2. The van der Waals surface area contributed by atoms with Gasteiger partial charge in [0.05, 0.1) is 12.8 Å². The minimum absolute atomic E-state index is 0.103. The summed E-state index contributed by atoms with van der Waals surface area (Å²) in [5.41, 5.74) is 0.246. The summed E-state index contributed by atoms with van der Waals surface area (Å²) in [6.07, 6.45) is -3.32. The van der Waals surface area contributed by atoms with Gasteiger partial charge in [0, 0.05) is 55.5 Å². The van der Waals surface area contributed by atoms with Crippen LogP contribution in [0.25, 0.3) is 0 Å². The van der Waals surface area contributed by atoms with Crippen molar-refractivity contribution in [2.24, 2.45) is 0 Å². The lowest BCUT2D eigenvalue weighted by Gasteiger charge is -2.37. The third-order valence-corrected chi connectivity index (χ3v) is 6.40. The van der Waals surface area contributed by atoms with E-state index in [4.69, 9.17) is 9.47 Å². The molecule has 2 heterocycles. The van der Waals surface area contributed by atoms with Gasteiger partial charge in [-0.1, -0.05) is 12.6 Å². The van der Waals surface area contributed by atoms with E-state index in [1.54, 1.807) is 29.2 Å². The third-order valence-electron chi connectivity index (χ3n) is 6.40. The van der Waals surface area contributed by atoms with Crippen LogP contribution in [-0.4, -0.2) is 65.8 Å². The minimum atomic E-state index is -4.73. The van der Waals surface area contributed by atoms with E-state index in [-0.39, 0.29) is 17.7 Å². The Kier molecular flexibility index (Phi) is 9.50. The number of hydrogen-bond donors (Lipinski definition) is 3. The molecule has 3 N–H and O–H groups in total. The van der Waals surface area contributed by atoms with Crippen molar-refractivity contribution in [1.82, 2.24) is 14.9 Å². The van der Waals surface area contributed by atoms with Crippen molar-refractivity contribution < 1.29 is 32.2 Å². The Labute approximate surface area is 253 Å². The molecular weight excluding hydrogens is 579 g/mol. The van der Waals surface area contributed by atoms with Gasteiger partial charge in [-0.05, 0) is 57.2 Å². The molecule has 1 aliphatic heterocycles.